The van der Waals surface area contributed by atoms with E-state index in [0.29, 0.717) is 32.5 Å². The Morgan fingerprint density at radius 3 is 2.96 bits per heavy atom. The number of rotatable bonds is 7. The Morgan fingerprint density at radius 1 is 1.38 bits per heavy atom. The molecule has 0 spiro atoms. The van der Waals surface area contributed by atoms with E-state index in [1.165, 1.54) is 10.9 Å². The number of H-pyrrole nitrogens is 1. The van der Waals surface area contributed by atoms with Gasteiger partial charge in [-0.3, -0.25) is 4.79 Å². The van der Waals surface area contributed by atoms with Crippen molar-refractivity contribution in [2.24, 2.45) is 0 Å². The van der Waals surface area contributed by atoms with Gasteiger partial charge < -0.3 is 10.3 Å². The van der Waals surface area contributed by atoms with E-state index in [2.05, 4.69) is 29.4 Å². The summed E-state index contributed by atoms with van der Waals surface area (Å²) in [6.07, 6.45) is 1.88. The Bertz CT molecular complexity index is 829. The number of carbonyl (C=O) groups excluding carboxylic acids is 1. The first-order valence-electron chi connectivity index (χ1n) is 8.25. The predicted molar refractivity (Wildman–Crippen MR) is 94.4 cm³/mol. The highest BCUT2D eigenvalue weighted by atomic mass is 32.2. The summed E-state index contributed by atoms with van der Waals surface area (Å²) in [5.41, 5.74) is 3.47. The van der Waals surface area contributed by atoms with Gasteiger partial charge in [-0.2, -0.15) is 0 Å². The van der Waals surface area contributed by atoms with Crippen molar-refractivity contribution < 1.29 is 13.2 Å². The van der Waals surface area contributed by atoms with Gasteiger partial charge in [-0.1, -0.05) is 18.2 Å². The van der Waals surface area contributed by atoms with Crippen LogP contribution in [0, 0.1) is 6.92 Å². The number of nitrogens with zero attached hydrogens (tertiary/aromatic N) is 1. The molecule has 1 unspecified atom stereocenters. The number of aromatic amines is 1. The second-order valence-corrected chi connectivity index (χ2v) is 8.38. The summed E-state index contributed by atoms with van der Waals surface area (Å²) < 4.78 is 26.5. The standard InChI is InChI=1S/C17H23N3O3S/c1-13-17(15-5-2-3-6-16(15)19-13)14-7-9-20(11-14)24(22,23)10-4-8-18-12-21/h2-3,5-6,12,14,19H,4,7-11H2,1H3,(H,18,21). The average Bonchev–Trinajstić information content (AvgIpc) is 3.15. The van der Waals surface area contributed by atoms with E-state index >= 15 is 0 Å². The molecule has 0 bridgehead atoms. The number of carbonyl (C=O) groups is 1. The van der Waals surface area contributed by atoms with Gasteiger partial charge in [0.15, 0.2) is 0 Å². The Hall–Kier alpha value is -1.86. The maximum Gasteiger partial charge on any atom is 0.214 e. The number of para-hydroxylation sites is 1. The smallest absolute Gasteiger partial charge is 0.214 e. The number of hydrogen-bond donors (Lipinski definition) is 2. The molecule has 0 aliphatic carbocycles. The normalized spacial score (nSPS) is 19.0. The van der Waals surface area contributed by atoms with Crippen molar-refractivity contribution in [1.29, 1.82) is 0 Å². The maximum absolute atomic E-state index is 12.5. The highest BCUT2D eigenvalue weighted by molar-refractivity contribution is 7.89. The van der Waals surface area contributed by atoms with Gasteiger partial charge in [-0.05, 0) is 31.4 Å². The zero-order valence-corrected chi connectivity index (χ0v) is 14.6. The molecule has 1 aromatic carbocycles. The molecule has 2 N–H and O–H groups in total. The third-order valence-electron chi connectivity index (χ3n) is 4.70. The van der Waals surface area contributed by atoms with Crippen molar-refractivity contribution in [1.82, 2.24) is 14.6 Å². The van der Waals surface area contributed by atoms with E-state index in [-0.39, 0.29) is 11.7 Å². The van der Waals surface area contributed by atoms with Crippen LogP contribution < -0.4 is 5.32 Å². The molecule has 6 nitrogen and oxygen atoms in total. The number of sulfonamides is 1. The molecule has 0 radical (unpaired) electrons. The number of aromatic nitrogens is 1. The zero-order valence-electron chi connectivity index (χ0n) is 13.8. The molecular weight excluding hydrogens is 326 g/mol. The van der Waals surface area contributed by atoms with Gasteiger partial charge in [0.05, 0.1) is 5.75 Å². The molecule has 130 valence electrons. The van der Waals surface area contributed by atoms with Gasteiger partial charge in [-0.25, -0.2) is 12.7 Å². The highest BCUT2D eigenvalue weighted by Gasteiger charge is 2.33. The van der Waals surface area contributed by atoms with Crippen LogP contribution in [0.15, 0.2) is 24.3 Å². The van der Waals surface area contributed by atoms with E-state index in [4.69, 9.17) is 0 Å². The van der Waals surface area contributed by atoms with Crippen molar-refractivity contribution in [3.05, 3.63) is 35.5 Å². The van der Waals surface area contributed by atoms with Crippen LogP contribution in [-0.2, 0) is 14.8 Å². The zero-order chi connectivity index (χ0) is 17.2. The average molecular weight is 349 g/mol. The van der Waals surface area contributed by atoms with Crippen molar-refractivity contribution in [3.8, 4) is 0 Å². The quantitative estimate of drug-likeness (QED) is 0.590. The molecule has 1 saturated heterocycles. The number of benzene rings is 1. The molecule has 7 heteroatoms. The molecule has 1 amide bonds. The molecular formula is C17H23N3O3S. The highest BCUT2D eigenvalue weighted by Crippen LogP contribution is 2.35. The second kappa shape index (κ2) is 6.94. The molecule has 2 aromatic rings. The topological polar surface area (TPSA) is 82.3 Å². The van der Waals surface area contributed by atoms with Crippen molar-refractivity contribution in [3.63, 3.8) is 0 Å². The van der Waals surface area contributed by atoms with E-state index in [9.17, 15) is 13.2 Å². The molecule has 3 rings (SSSR count). The van der Waals surface area contributed by atoms with Gasteiger partial charge in [0.2, 0.25) is 16.4 Å². The first kappa shape index (κ1) is 17.0. The molecule has 1 fully saturated rings. The Kier molecular flexibility index (Phi) is 4.91. The van der Waals surface area contributed by atoms with E-state index in [0.717, 1.165) is 17.6 Å². The molecule has 1 aromatic heterocycles. The molecule has 1 aliphatic rings. The summed E-state index contributed by atoms with van der Waals surface area (Å²) in [6, 6.07) is 8.16. The Balaban J connectivity index is 1.73. The van der Waals surface area contributed by atoms with Crippen LogP contribution in [0.4, 0.5) is 0 Å². The van der Waals surface area contributed by atoms with E-state index < -0.39 is 10.0 Å². The second-order valence-electron chi connectivity index (χ2n) is 6.29. The third kappa shape index (κ3) is 3.32. The van der Waals surface area contributed by atoms with Crippen molar-refractivity contribution in [2.75, 3.05) is 25.4 Å². The summed E-state index contributed by atoms with van der Waals surface area (Å²) in [7, 11) is -3.26. The summed E-state index contributed by atoms with van der Waals surface area (Å²) >= 11 is 0. The van der Waals surface area contributed by atoms with Crippen LogP contribution in [-0.4, -0.2) is 49.5 Å². The minimum absolute atomic E-state index is 0.0768. The van der Waals surface area contributed by atoms with Crippen LogP contribution in [0.1, 0.15) is 30.0 Å². The van der Waals surface area contributed by atoms with Crippen molar-refractivity contribution >= 4 is 27.3 Å². The van der Waals surface area contributed by atoms with Crippen LogP contribution in [0.25, 0.3) is 10.9 Å². The van der Waals surface area contributed by atoms with Crippen LogP contribution in [0.2, 0.25) is 0 Å². The Labute approximate surface area is 142 Å². The number of hydrogen-bond acceptors (Lipinski definition) is 3. The van der Waals surface area contributed by atoms with Crippen LogP contribution in [0.5, 0.6) is 0 Å². The van der Waals surface area contributed by atoms with Crippen LogP contribution in [0.3, 0.4) is 0 Å². The SMILES string of the molecule is Cc1[nH]c2ccccc2c1C1CCN(S(=O)(=O)CCCNC=O)C1. The van der Waals surface area contributed by atoms with Gasteiger partial charge in [0.25, 0.3) is 0 Å². The minimum atomic E-state index is -3.26. The van der Waals surface area contributed by atoms with E-state index in [1.807, 2.05) is 12.1 Å². The fourth-order valence-corrected chi connectivity index (χ4v) is 5.14. The first-order chi connectivity index (χ1) is 11.5. The summed E-state index contributed by atoms with van der Waals surface area (Å²) in [5.74, 6) is 0.303. The lowest BCUT2D eigenvalue weighted by Gasteiger charge is -2.17. The summed E-state index contributed by atoms with van der Waals surface area (Å²) in [6.45, 7) is 3.54. The number of aryl methyl sites for hydroxylation is 1. The number of amides is 1. The van der Waals surface area contributed by atoms with Gasteiger partial charge in [-0.15, -0.1) is 0 Å². The lowest BCUT2D eigenvalue weighted by molar-refractivity contribution is -0.109. The van der Waals surface area contributed by atoms with Crippen LogP contribution >= 0.6 is 0 Å². The summed E-state index contributed by atoms with van der Waals surface area (Å²) in [4.78, 5) is 13.6. The first-order valence-corrected chi connectivity index (χ1v) is 9.86. The Morgan fingerprint density at radius 2 is 2.17 bits per heavy atom. The van der Waals surface area contributed by atoms with Crippen molar-refractivity contribution in [2.45, 2.75) is 25.7 Å². The monoisotopic (exact) mass is 349 g/mol. The molecule has 1 atom stereocenters. The maximum atomic E-state index is 12.5. The van der Waals surface area contributed by atoms with E-state index in [1.54, 1.807) is 4.31 Å². The lowest BCUT2D eigenvalue weighted by atomic mass is 9.95. The third-order valence-corrected chi connectivity index (χ3v) is 6.63. The molecule has 24 heavy (non-hydrogen) atoms. The number of nitrogens with one attached hydrogen (secondary N) is 2. The fraction of sp³-hybridized carbons (Fsp3) is 0.471. The molecule has 1 aliphatic heterocycles. The largest absolute Gasteiger partial charge is 0.359 e. The lowest BCUT2D eigenvalue weighted by Crippen LogP contribution is -2.32. The minimum Gasteiger partial charge on any atom is -0.359 e. The predicted octanol–water partition coefficient (Wildman–Crippen LogP) is 1.73. The summed E-state index contributed by atoms with van der Waals surface area (Å²) in [5, 5.41) is 3.69. The molecule has 2 heterocycles. The van der Waals surface area contributed by atoms with Gasteiger partial charge in [0.1, 0.15) is 0 Å². The molecule has 0 saturated carbocycles. The fourth-order valence-electron chi connectivity index (χ4n) is 3.59. The van der Waals surface area contributed by atoms with Gasteiger partial charge >= 0.3 is 0 Å². The van der Waals surface area contributed by atoms with Gasteiger partial charge in [0, 0.05) is 42.1 Å². The number of fused-ring (bicyclic) bond motifs is 1.